The van der Waals surface area contributed by atoms with Crippen LogP contribution in [0, 0.1) is 10.1 Å². The van der Waals surface area contributed by atoms with Gasteiger partial charge in [-0.2, -0.15) is 0 Å². The molecule has 1 N–H and O–H groups in total. The highest BCUT2D eigenvalue weighted by Gasteiger charge is 2.48. The van der Waals surface area contributed by atoms with Crippen LogP contribution in [0.2, 0.25) is 0 Å². The second-order valence-electron chi connectivity index (χ2n) is 7.10. The number of carbonyl (C=O) groups is 2. The van der Waals surface area contributed by atoms with Crippen molar-refractivity contribution < 1.29 is 24.4 Å². The summed E-state index contributed by atoms with van der Waals surface area (Å²) >= 11 is 0. The zero-order valence-corrected chi connectivity index (χ0v) is 15.9. The van der Waals surface area contributed by atoms with Gasteiger partial charge in [0.05, 0.1) is 28.6 Å². The van der Waals surface area contributed by atoms with Crippen molar-refractivity contribution in [2.75, 3.05) is 6.61 Å². The van der Waals surface area contributed by atoms with E-state index < -0.39 is 10.9 Å². The summed E-state index contributed by atoms with van der Waals surface area (Å²) in [6.07, 6.45) is 3.61. The average molecular weight is 413 g/mol. The number of carbonyl (C=O) groups excluding carboxylic acids is 2. The van der Waals surface area contributed by atoms with Crippen molar-refractivity contribution in [2.45, 2.75) is 38.3 Å². The number of aryl methyl sites for hydroxylation is 1. The number of ether oxygens (including phenoxy) is 1. The molecule has 2 aliphatic rings. The van der Waals surface area contributed by atoms with E-state index >= 15 is 0 Å². The fourth-order valence-corrected chi connectivity index (χ4v) is 3.57. The van der Waals surface area contributed by atoms with Gasteiger partial charge in [-0.25, -0.2) is 9.48 Å². The summed E-state index contributed by atoms with van der Waals surface area (Å²) in [6.45, 7) is -0.0421. The fourth-order valence-electron chi connectivity index (χ4n) is 3.57. The number of fused-ring (bicyclic) bond motifs is 1. The Bertz CT molecular complexity index is 1030. The number of rotatable bonds is 8. The highest BCUT2D eigenvalue weighted by Crippen LogP contribution is 2.40. The van der Waals surface area contributed by atoms with E-state index in [0.29, 0.717) is 42.6 Å². The maximum absolute atomic E-state index is 12.8. The molecule has 0 spiro atoms. The maximum atomic E-state index is 12.8. The Balaban J connectivity index is 1.52. The van der Waals surface area contributed by atoms with Gasteiger partial charge >= 0.3 is 5.97 Å². The number of non-ortho nitro benzene ring substituents is 1. The molecule has 0 saturated carbocycles. The van der Waals surface area contributed by atoms with E-state index in [-0.39, 0.29) is 36.5 Å². The minimum Gasteiger partial charge on any atom is -0.456 e. The Labute approximate surface area is 170 Å². The van der Waals surface area contributed by atoms with Crippen molar-refractivity contribution in [3.63, 3.8) is 0 Å². The van der Waals surface area contributed by atoms with Gasteiger partial charge in [0.1, 0.15) is 6.61 Å². The lowest BCUT2D eigenvalue weighted by molar-refractivity contribution is -0.384. The number of amides is 1. The Hall–Kier alpha value is -3.60. The van der Waals surface area contributed by atoms with Gasteiger partial charge in [-0.3, -0.25) is 14.9 Å². The van der Waals surface area contributed by atoms with Crippen LogP contribution in [0.15, 0.2) is 36.2 Å². The second kappa shape index (κ2) is 8.03. The number of benzene rings is 1. The molecule has 3 heterocycles. The summed E-state index contributed by atoms with van der Waals surface area (Å²) < 4.78 is 6.87. The number of nitro groups is 1. The monoisotopic (exact) mass is 413 g/mol. The lowest BCUT2D eigenvalue weighted by Gasteiger charge is -2.35. The molecule has 0 bridgehead atoms. The molecular weight excluding hydrogens is 394 g/mol. The SMILES string of the molecule is O=C(OCc1ccc([N+](=O)[O-])cc1)C1=C(n2cc(CCCO)nn2)C[C@@H]2CC(=O)N12. The van der Waals surface area contributed by atoms with Crippen LogP contribution in [-0.4, -0.2) is 54.4 Å². The Morgan fingerprint density at radius 1 is 1.30 bits per heavy atom. The fraction of sp³-hybridized carbons (Fsp3) is 0.368. The van der Waals surface area contributed by atoms with Crippen LogP contribution < -0.4 is 0 Å². The number of esters is 1. The van der Waals surface area contributed by atoms with Gasteiger partial charge in [0.25, 0.3) is 5.69 Å². The van der Waals surface area contributed by atoms with E-state index in [1.54, 1.807) is 6.20 Å². The summed E-state index contributed by atoms with van der Waals surface area (Å²) in [5.41, 5.74) is 1.91. The topological polar surface area (TPSA) is 141 Å². The lowest BCUT2D eigenvalue weighted by Crippen LogP contribution is -2.49. The summed E-state index contributed by atoms with van der Waals surface area (Å²) in [5.74, 6) is -0.816. The Morgan fingerprint density at radius 2 is 2.07 bits per heavy atom. The first-order chi connectivity index (χ1) is 14.5. The first-order valence-electron chi connectivity index (χ1n) is 9.46. The molecule has 1 fully saturated rings. The molecule has 0 unspecified atom stereocenters. The number of hydrogen-bond acceptors (Lipinski definition) is 8. The van der Waals surface area contributed by atoms with E-state index in [1.807, 2.05) is 0 Å². The molecule has 156 valence electrons. The highest BCUT2D eigenvalue weighted by atomic mass is 16.6. The van der Waals surface area contributed by atoms with Crippen molar-refractivity contribution >= 4 is 23.3 Å². The summed E-state index contributed by atoms with van der Waals surface area (Å²) in [4.78, 5) is 36.6. The van der Waals surface area contributed by atoms with Gasteiger partial charge in [-0.05, 0) is 30.5 Å². The van der Waals surface area contributed by atoms with E-state index in [1.165, 1.54) is 33.8 Å². The third kappa shape index (κ3) is 3.66. The number of aromatic nitrogens is 3. The van der Waals surface area contributed by atoms with Crippen molar-refractivity contribution in [3.05, 3.63) is 57.5 Å². The highest BCUT2D eigenvalue weighted by molar-refractivity contribution is 6.03. The molecule has 1 aromatic heterocycles. The summed E-state index contributed by atoms with van der Waals surface area (Å²) in [5, 5.41) is 27.8. The normalized spacial score (nSPS) is 17.7. The number of β-lactam (4-membered cyclic amide) rings is 1. The van der Waals surface area contributed by atoms with E-state index in [2.05, 4.69) is 10.3 Å². The Morgan fingerprint density at radius 3 is 2.73 bits per heavy atom. The van der Waals surface area contributed by atoms with Crippen LogP contribution in [0.1, 0.15) is 30.5 Å². The molecule has 11 heteroatoms. The van der Waals surface area contributed by atoms with Gasteiger partial charge in [-0.15, -0.1) is 5.10 Å². The maximum Gasteiger partial charge on any atom is 0.357 e. The number of nitrogens with zero attached hydrogens (tertiary/aromatic N) is 5. The van der Waals surface area contributed by atoms with Crippen LogP contribution in [0.25, 0.3) is 5.70 Å². The molecular formula is C19H19N5O6. The quantitative estimate of drug-likeness (QED) is 0.293. The molecule has 1 amide bonds. The average Bonchev–Trinajstić information content (AvgIpc) is 3.32. The van der Waals surface area contributed by atoms with Crippen LogP contribution >= 0.6 is 0 Å². The molecule has 0 aliphatic carbocycles. The van der Waals surface area contributed by atoms with E-state index in [9.17, 15) is 19.7 Å². The van der Waals surface area contributed by atoms with Gasteiger partial charge < -0.3 is 14.7 Å². The zero-order valence-electron chi connectivity index (χ0n) is 15.9. The minimum absolute atomic E-state index is 0.0418. The Kier molecular flexibility index (Phi) is 5.27. The van der Waals surface area contributed by atoms with Crippen LogP contribution in [0.5, 0.6) is 0 Å². The van der Waals surface area contributed by atoms with Crippen LogP contribution in [0.4, 0.5) is 5.69 Å². The first-order valence-corrected chi connectivity index (χ1v) is 9.46. The predicted octanol–water partition coefficient (Wildman–Crippen LogP) is 1.03. The largest absolute Gasteiger partial charge is 0.456 e. The van der Waals surface area contributed by atoms with Gasteiger partial charge in [0.2, 0.25) is 5.91 Å². The van der Waals surface area contributed by atoms with E-state index in [0.717, 1.165) is 0 Å². The van der Waals surface area contributed by atoms with Crippen molar-refractivity contribution in [1.82, 2.24) is 19.9 Å². The summed E-state index contributed by atoms with van der Waals surface area (Å²) in [7, 11) is 0. The van der Waals surface area contributed by atoms with Crippen LogP contribution in [0.3, 0.4) is 0 Å². The third-order valence-electron chi connectivity index (χ3n) is 5.11. The molecule has 1 saturated heterocycles. The standard InChI is InChI=1S/C19H19N5O6/c25-7-1-2-13-10-22(21-20-13)16-8-15-9-17(26)23(15)18(16)19(27)30-11-12-3-5-14(6-4-12)24(28)29/h3-6,10,15,25H,1-2,7-9,11H2/t15-/m1/s1. The van der Waals surface area contributed by atoms with Crippen molar-refractivity contribution in [2.24, 2.45) is 0 Å². The second-order valence-corrected chi connectivity index (χ2v) is 7.10. The van der Waals surface area contributed by atoms with Gasteiger partial charge in [-0.1, -0.05) is 5.21 Å². The lowest BCUT2D eigenvalue weighted by atomic mass is 10.0. The van der Waals surface area contributed by atoms with E-state index in [4.69, 9.17) is 9.84 Å². The molecule has 1 atom stereocenters. The molecule has 11 nitrogen and oxygen atoms in total. The van der Waals surface area contributed by atoms with Crippen molar-refractivity contribution in [1.29, 1.82) is 0 Å². The smallest absolute Gasteiger partial charge is 0.357 e. The number of nitro benzene ring substituents is 1. The molecule has 0 radical (unpaired) electrons. The number of hydrogen-bond donors (Lipinski definition) is 1. The number of aliphatic hydroxyl groups is 1. The predicted molar refractivity (Wildman–Crippen MR) is 101 cm³/mol. The molecule has 2 aromatic rings. The summed E-state index contributed by atoms with van der Waals surface area (Å²) in [6, 6.07) is 5.60. The van der Waals surface area contributed by atoms with Crippen LogP contribution in [-0.2, 0) is 27.4 Å². The van der Waals surface area contributed by atoms with Crippen molar-refractivity contribution in [3.8, 4) is 0 Å². The molecule has 2 aliphatic heterocycles. The minimum atomic E-state index is -0.661. The number of aliphatic hydroxyl groups excluding tert-OH is 1. The molecule has 1 aromatic carbocycles. The molecule has 4 rings (SSSR count). The van der Waals surface area contributed by atoms with Gasteiger partial charge in [0.15, 0.2) is 5.70 Å². The zero-order chi connectivity index (χ0) is 21.3. The third-order valence-corrected chi connectivity index (χ3v) is 5.11. The van der Waals surface area contributed by atoms with Gasteiger partial charge in [0, 0.05) is 31.6 Å². The molecule has 30 heavy (non-hydrogen) atoms. The first kappa shape index (κ1) is 19.7.